The second-order valence-corrected chi connectivity index (χ2v) is 6.62. The number of hydrogen-bond acceptors (Lipinski definition) is 5. The zero-order chi connectivity index (χ0) is 21.6. The lowest BCUT2D eigenvalue weighted by Gasteiger charge is -2.13. The summed E-state index contributed by atoms with van der Waals surface area (Å²) in [5.41, 5.74) is 4.49. The van der Waals surface area contributed by atoms with Crippen LogP contribution in [0.1, 0.15) is 12.5 Å². The van der Waals surface area contributed by atoms with Gasteiger partial charge in [0, 0.05) is 11.8 Å². The number of halogens is 1. The van der Waals surface area contributed by atoms with Crippen LogP contribution in [0.3, 0.4) is 0 Å². The Labute approximate surface area is 177 Å². The molecular weight excluding hydrogens is 399 g/mol. The number of aromatic nitrogens is 2. The molecule has 1 atom stereocenters. The number of nitrogens with zero attached hydrogens (tertiary/aromatic N) is 3. The fourth-order valence-electron chi connectivity index (χ4n) is 2.84. The summed E-state index contributed by atoms with van der Waals surface area (Å²) < 4.78 is 26.2. The molecule has 0 spiro atoms. The molecule has 0 saturated heterocycles. The molecule has 31 heavy (non-hydrogen) atoms. The van der Waals surface area contributed by atoms with Gasteiger partial charge in [-0.3, -0.25) is 4.79 Å². The van der Waals surface area contributed by atoms with Gasteiger partial charge in [-0.2, -0.15) is 10.2 Å². The van der Waals surface area contributed by atoms with E-state index in [9.17, 15) is 9.18 Å². The van der Waals surface area contributed by atoms with E-state index >= 15 is 0 Å². The van der Waals surface area contributed by atoms with Crippen LogP contribution < -0.4 is 10.2 Å². The van der Waals surface area contributed by atoms with Crippen LogP contribution in [0.15, 0.2) is 88.7 Å². The summed E-state index contributed by atoms with van der Waals surface area (Å²) in [5, 5.41) is 8.58. The first-order valence-electron chi connectivity index (χ1n) is 9.55. The number of carbonyl (C=O) groups excluding carboxylic acids is 1. The molecule has 7 nitrogen and oxygen atoms in total. The number of benzene rings is 2. The van der Waals surface area contributed by atoms with Gasteiger partial charge in [-0.15, -0.1) is 0 Å². The number of para-hydroxylation sites is 2. The minimum absolute atomic E-state index is 0.00151. The zero-order valence-corrected chi connectivity index (χ0v) is 16.6. The second-order valence-electron chi connectivity index (χ2n) is 6.62. The molecule has 0 radical (unpaired) electrons. The van der Waals surface area contributed by atoms with Gasteiger partial charge in [0.1, 0.15) is 5.69 Å². The third-order valence-electron chi connectivity index (χ3n) is 4.41. The van der Waals surface area contributed by atoms with Crippen molar-refractivity contribution in [2.75, 3.05) is 0 Å². The minimum atomic E-state index is -0.939. The first-order chi connectivity index (χ1) is 15.1. The van der Waals surface area contributed by atoms with E-state index in [0.29, 0.717) is 17.0 Å². The van der Waals surface area contributed by atoms with Gasteiger partial charge in [0.25, 0.3) is 5.91 Å². The van der Waals surface area contributed by atoms with Gasteiger partial charge in [-0.1, -0.05) is 30.3 Å². The van der Waals surface area contributed by atoms with Crippen LogP contribution in [-0.4, -0.2) is 28.0 Å². The van der Waals surface area contributed by atoms with Crippen molar-refractivity contribution in [2.24, 2.45) is 5.10 Å². The number of hydrogen-bond donors (Lipinski definition) is 1. The molecule has 0 aliphatic rings. The molecule has 4 aromatic rings. The van der Waals surface area contributed by atoms with Crippen LogP contribution in [-0.2, 0) is 4.79 Å². The molecule has 1 N–H and O–H groups in total. The van der Waals surface area contributed by atoms with Crippen LogP contribution in [0, 0.1) is 5.82 Å². The van der Waals surface area contributed by atoms with Crippen LogP contribution in [0.25, 0.3) is 17.1 Å². The topological polar surface area (TPSA) is 81.6 Å². The monoisotopic (exact) mass is 418 g/mol. The molecule has 1 amide bonds. The van der Waals surface area contributed by atoms with Crippen molar-refractivity contribution in [3.63, 3.8) is 0 Å². The van der Waals surface area contributed by atoms with E-state index in [4.69, 9.17) is 9.15 Å². The van der Waals surface area contributed by atoms with E-state index < -0.39 is 17.8 Å². The number of ether oxygens (including phenoxy) is 1. The second kappa shape index (κ2) is 9.08. The standard InChI is InChI=1S/C23H19FN4O3/c1-16(31-20-11-6-5-10-19(20)24)23(29)26-25-14-17-15-28(18-8-3-2-4-9-18)27-22(17)21-12-7-13-30-21/h2-16H,1H3,(H,26,29)/b25-14-/t16-/m1/s1. The van der Waals surface area contributed by atoms with Crippen molar-refractivity contribution in [2.45, 2.75) is 13.0 Å². The van der Waals surface area contributed by atoms with Gasteiger partial charge in [0.2, 0.25) is 0 Å². The van der Waals surface area contributed by atoms with Crippen LogP contribution in [0.4, 0.5) is 4.39 Å². The maximum Gasteiger partial charge on any atom is 0.280 e. The molecule has 0 bridgehead atoms. The fraction of sp³-hybridized carbons (Fsp3) is 0.0870. The Bertz CT molecular complexity index is 1190. The van der Waals surface area contributed by atoms with Gasteiger partial charge in [-0.05, 0) is 43.3 Å². The maximum absolute atomic E-state index is 13.7. The quantitative estimate of drug-likeness (QED) is 0.360. The smallest absolute Gasteiger partial charge is 0.280 e. The van der Waals surface area contributed by atoms with Crippen molar-refractivity contribution in [1.29, 1.82) is 0 Å². The maximum atomic E-state index is 13.7. The lowest BCUT2D eigenvalue weighted by Crippen LogP contribution is -2.33. The largest absolute Gasteiger partial charge is 0.478 e. The Morgan fingerprint density at radius 2 is 1.94 bits per heavy atom. The van der Waals surface area contributed by atoms with Crippen molar-refractivity contribution in [3.05, 3.63) is 90.6 Å². The number of amides is 1. The Morgan fingerprint density at radius 3 is 2.68 bits per heavy atom. The lowest BCUT2D eigenvalue weighted by atomic mass is 10.2. The van der Waals surface area contributed by atoms with Gasteiger partial charge in [-0.25, -0.2) is 14.5 Å². The number of carbonyl (C=O) groups is 1. The summed E-state index contributed by atoms with van der Waals surface area (Å²) in [6.45, 7) is 1.51. The first-order valence-corrected chi connectivity index (χ1v) is 9.55. The molecular formula is C23H19FN4O3. The van der Waals surface area contributed by atoms with E-state index in [0.717, 1.165) is 5.69 Å². The summed E-state index contributed by atoms with van der Waals surface area (Å²) >= 11 is 0. The van der Waals surface area contributed by atoms with E-state index in [1.807, 2.05) is 30.3 Å². The first kappa shape index (κ1) is 20.1. The normalized spacial score (nSPS) is 12.1. The highest BCUT2D eigenvalue weighted by molar-refractivity contribution is 5.89. The summed E-state index contributed by atoms with van der Waals surface area (Å²) in [7, 11) is 0. The molecule has 4 rings (SSSR count). The number of furan rings is 1. The summed E-state index contributed by atoms with van der Waals surface area (Å²) in [5.74, 6) is -0.492. The predicted molar refractivity (Wildman–Crippen MR) is 113 cm³/mol. The molecule has 0 fully saturated rings. The molecule has 0 aliphatic carbocycles. The summed E-state index contributed by atoms with van der Waals surface area (Å²) in [4.78, 5) is 12.3. The Morgan fingerprint density at radius 1 is 1.16 bits per heavy atom. The van der Waals surface area contributed by atoms with Gasteiger partial charge >= 0.3 is 0 Å². The average molecular weight is 418 g/mol. The molecule has 2 aromatic carbocycles. The van der Waals surface area contributed by atoms with Gasteiger partial charge < -0.3 is 9.15 Å². The van der Waals surface area contributed by atoms with Gasteiger partial charge in [0.05, 0.1) is 18.2 Å². The Kier molecular flexibility index (Phi) is 5.89. The van der Waals surface area contributed by atoms with Crippen LogP contribution >= 0.6 is 0 Å². The van der Waals surface area contributed by atoms with E-state index in [1.54, 1.807) is 41.4 Å². The SMILES string of the molecule is C[C@@H](Oc1ccccc1F)C(=O)N/N=C\c1cn(-c2ccccc2)nc1-c1ccco1. The van der Waals surface area contributed by atoms with E-state index in [-0.39, 0.29) is 5.75 Å². The third-order valence-corrected chi connectivity index (χ3v) is 4.41. The summed E-state index contributed by atoms with van der Waals surface area (Å²) in [6.07, 6.45) is 3.87. The highest BCUT2D eigenvalue weighted by Crippen LogP contribution is 2.23. The van der Waals surface area contributed by atoms with Crippen molar-refractivity contribution < 1.29 is 18.3 Å². The van der Waals surface area contributed by atoms with Crippen molar-refractivity contribution in [3.8, 4) is 22.9 Å². The molecule has 8 heteroatoms. The molecule has 0 saturated carbocycles. The van der Waals surface area contributed by atoms with Crippen molar-refractivity contribution in [1.82, 2.24) is 15.2 Å². The van der Waals surface area contributed by atoms with E-state index in [1.165, 1.54) is 25.3 Å². The van der Waals surface area contributed by atoms with E-state index in [2.05, 4.69) is 15.6 Å². The minimum Gasteiger partial charge on any atom is -0.478 e. The predicted octanol–water partition coefficient (Wildman–Crippen LogP) is 4.19. The molecule has 156 valence electrons. The Hall–Kier alpha value is -4.20. The summed E-state index contributed by atoms with van der Waals surface area (Å²) in [6, 6.07) is 19.0. The number of nitrogens with one attached hydrogen (secondary N) is 1. The molecule has 2 heterocycles. The van der Waals surface area contributed by atoms with Crippen molar-refractivity contribution >= 4 is 12.1 Å². The number of hydrazone groups is 1. The highest BCUT2D eigenvalue weighted by atomic mass is 19.1. The molecule has 0 unspecified atom stereocenters. The zero-order valence-electron chi connectivity index (χ0n) is 16.6. The van der Waals surface area contributed by atoms with Crippen LogP contribution in [0.2, 0.25) is 0 Å². The molecule has 2 aromatic heterocycles. The number of rotatable bonds is 7. The van der Waals surface area contributed by atoms with Gasteiger partial charge in [0.15, 0.2) is 23.4 Å². The third kappa shape index (κ3) is 4.69. The van der Waals surface area contributed by atoms with Crippen LogP contribution in [0.5, 0.6) is 5.75 Å². The highest BCUT2D eigenvalue weighted by Gasteiger charge is 2.17. The Balaban J connectivity index is 1.50. The lowest BCUT2D eigenvalue weighted by molar-refractivity contribution is -0.127. The average Bonchev–Trinajstić information content (AvgIpc) is 3.46. The fourth-order valence-corrected chi connectivity index (χ4v) is 2.84. The molecule has 0 aliphatic heterocycles.